The van der Waals surface area contributed by atoms with Crippen molar-refractivity contribution in [3.63, 3.8) is 0 Å². The van der Waals surface area contributed by atoms with E-state index in [9.17, 15) is 19.2 Å². The monoisotopic (exact) mass is 306 g/mol. The molecule has 0 rings (SSSR count). The highest BCUT2D eigenvalue weighted by atomic mass is 16.5. The van der Waals surface area contributed by atoms with E-state index in [2.05, 4.69) is 16.1 Å². The molecule has 0 heterocycles. The maximum atomic E-state index is 10.4. The normalized spacial score (nSPS) is 8.81. The largest absolute Gasteiger partial charge is 0.481 e. The Bertz CT molecular complexity index is 362. The summed E-state index contributed by atoms with van der Waals surface area (Å²) in [7, 11) is 0. The van der Waals surface area contributed by atoms with E-state index in [4.69, 9.17) is 15.3 Å². The van der Waals surface area contributed by atoms with Crippen LogP contribution in [0.5, 0.6) is 0 Å². The zero-order valence-corrected chi connectivity index (χ0v) is 11.3. The van der Waals surface area contributed by atoms with Crippen LogP contribution < -0.4 is 0 Å². The summed E-state index contributed by atoms with van der Waals surface area (Å²) in [6.07, 6.45) is 0.540. The summed E-state index contributed by atoms with van der Waals surface area (Å²) >= 11 is 0. The predicted molar refractivity (Wildman–Crippen MR) is 68.3 cm³/mol. The van der Waals surface area contributed by atoms with Gasteiger partial charge in [-0.3, -0.25) is 14.4 Å². The minimum absolute atomic E-state index is 0.0837. The van der Waals surface area contributed by atoms with Gasteiger partial charge >= 0.3 is 23.9 Å². The second-order valence-corrected chi connectivity index (χ2v) is 3.35. The molecule has 0 bridgehead atoms. The number of carbonyl (C=O) groups is 4. The Balaban J connectivity index is 0. The molecule has 0 aliphatic carbocycles. The summed E-state index contributed by atoms with van der Waals surface area (Å²) in [6.45, 7) is 2.64. The highest BCUT2D eigenvalue weighted by Crippen LogP contribution is 1.87. The Kier molecular flexibility index (Phi) is 13.9. The van der Waals surface area contributed by atoms with Crippen LogP contribution in [0.25, 0.3) is 0 Å². The number of hydrogen-bond acceptors (Lipinski definition) is 7. The predicted octanol–water partition coefficient (Wildman–Crippen LogP) is -0.423. The number of esters is 2. The van der Waals surface area contributed by atoms with Crippen LogP contribution in [0.1, 0.15) is 19.3 Å². The summed E-state index contributed by atoms with van der Waals surface area (Å²) in [5.74, 6) is -3.17. The molecule has 0 fully saturated rings. The topological polar surface area (TPSA) is 147 Å². The van der Waals surface area contributed by atoms with E-state index in [1.165, 1.54) is 0 Å². The van der Waals surface area contributed by atoms with Crippen LogP contribution in [-0.4, -0.2) is 59.0 Å². The van der Waals surface area contributed by atoms with Gasteiger partial charge in [0.2, 0.25) is 0 Å². The second-order valence-electron chi connectivity index (χ2n) is 3.35. The van der Waals surface area contributed by atoms with E-state index >= 15 is 0 Å². The molecule has 0 radical (unpaired) electrons. The van der Waals surface area contributed by atoms with Crippen LogP contribution in [0.2, 0.25) is 0 Å². The number of aliphatic hydroxyl groups excluding tert-OH is 1. The molecule has 9 nitrogen and oxygen atoms in total. The Morgan fingerprint density at radius 1 is 0.905 bits per heavy atom. The lowest BCUT2D eigenvalue weighted by Gasteiger charge is -1.99. The summed E-state index contributed by atoms with van der Waals surface area (Å²) in [6, 6.07) is 0. The molecular formula is C12H18O9. The maximum absolute atomic E-state index is 10.4. The number of carboxylic acid groups (broad SMARTS) is 2. The number of carboxylic acids is 2. The average Bonchev–Trinajstić information content (AvgIpc) is 2.38. The summed E-state index contributed by atoms with van der Waals surface area (Å²) in [5.41, 5.74) is 0. The molecule has 0 aliphatic heterocycles. The van der Waals surface area contributed by atoms with Crippen LogP contribution in [0.3, 0.4) is 0 Å². The van der Waals surface area contributed by atoms with Gasteiger partial charge in [0.05, 0.1) is 25.9 Å². The number of ether oxygens (including phenoxy) is 2. The summed E-state index contributed by atoms with van der Waals surface area (Å²) in [4.78, 5) is 40.5. The van der Waals surface area contributed by atoms with Gasteiger partial charge in [0, 0.05) is 6.08 Å². The summed E-state index contributed by atoms with van der Waals surface area (Å²) in [5, 5.41) is 24.4. The number of carbonyl (C=O) groups excluding carboxylic acids is 2. The molecule has 0 atom stereocenters. The van der Waals surface area contributed by atoms with Gasteiger partial charge in [0.1, 0.15) is 13.2 Å². The zero-order valence-electron chi connectivity index (χ0n) is 11.3. The first-order valence-electron chi connectivity index (χ1n) is 5.82. The second kappa shape index (κ2) is 14.0. The van der Waals surface area contributed by atoms with Crippen LogP contribution in [0.4, 0.5) is 0 Å². The molecule has 120 valence electrons. The van der Waals surface area contributed by atoms with E-state index in [-0.39, 0.29) is 39.1 Å². The van der Waals surface area contributed by atoms with Crippen molar-refractivity contribution in [1.82, 2.24) is 0 Å². The van der Waals surface area contributed by atoms with Crippen molar-refractivity contribution < 1.29 is 44.0 Å². The van der Waals surface area contributed by atoms with Crippen molar-refractivity contribution in [2.45, 2.75) is 19.3 Å². The smallest absolute Gasteiger partial charge is 0.330 e. The van der Waals surface area contributed by atoms with Gasteiger partial charge in [-0.1, -0.05) is 6.58 Å². The molecule has 21 heavy (non-hydrogen) atoms. The Hall–Kier alpha value is -2.42. The highest BCUT2D eigenvalue weighted by Gasteiger charge is 2.02. The molecule has 0 aromatic heterocycles. The van der Waals surface area contributed by atoms with Crippen LogP contribution in [-0.2, 0) is 28.7 Å². The van der Waals surface area contributed by atoms with E-state index in [0.29, 0.717) is 0 Å². The van der Waals surface area contributed by atoms with E-state index in [1.54, 1.807) is 0 Å². The molecule has 0 amide bonds. The lowest BCUT2D eigenvalue weighted by molar-refractivity contribution is -0.147. The van der Waals surface area contributed by atoms with Crippen LogP contribution >= 0.6 is 0 Å². The van der Waals surface area contributed by atoms with Gasteiger partial charge in [-0.05, 0) is 0 Å². The molecule has 0 aliphatic rings. The van der Waals surface area contributed by atoms with E-state index in [1.807, 2.05) is 0 Å². The van der Waals surface area contributed by atoms with Crippen molar-refractivity contribution in [2.24, 2.45) is 0 Å². The van der Waals surface area contributed by atoms with Gasteiger partial charge in [-0.25, -0.2) is 4.79 Å². The van der Waals surface area contributed by atoms with Gasteiger partial charge in [-0.2, -0.15) is 0 Å². The highest BCUT2D eigenvalue weighted by molar-refractivity contribution is 5.81. The minimum Gasteiger partial charge on any atom is -0.481 e. The molecule has 3 N–H and O–H groups in total. The van der Waals surface area contributed by atoms with E-state index in [0.717, 1.165) is 6.08 Å². The molecule has 0 saturated carbocycles. The van der Waals surface area contributed by atoms with Gasteiger partial charge in [0.15, 0.2) is 0 Å². The van der Waals surface area contributed by atoms with Crippen molar-refractivity contribution in [2.75, 3.05) is 19.8 Å². The number of aliphatic hydroxyl groups is 1. The lowest BCUT2D eigenvalue weighted by atomic mass is 10.4. The van der Waals surface area contributed by atoms with Crippen molar-refractivity contribution in [3.8, 4) is 0 Å². The Labute approximate surface area is 120 Å². The summed E-state index contributed by atoms with van der Waals surface area (Å²) < 4.78 is 8.78. The first kappa shape index (κ1) is 20.9. The fraction of sp³-hybridized carbons (Fsp3) is 0.500. The van der Waals surface area contributed by atoms with Crippen LogP contribution in [0.15, 0.2) is 12.7 Å². The average molecular weight is 306 g/mol. The van der Waals surface area contributed by atoms with Crippen molar-refractivity contribution in [1.29, 1.82) is 0 Å². The molecule has 0 saturated heterocycles. The SMILES string of the molecule is C=CC(=O)OCCC(=O)O.O=C(O)CCOC(=O)CCO. The molecule has 0 aromatic rings. The number of rotatable bonds is 9. The fourth-order valence-corrected chi connectivity index (χ4v) is 0.713. The third kappa shape index (κ3) is 20.1. The third-order valence-electron chi connectivity index (χ3n) is 1.62. The van der Waals surface area contributed by atoms with Crippen molar-refractivity contribution >= 4 is 23.9 Å². The van der Waals surface area contributed by atoms with Crippen molar-refractivity contribution in [3.05, 3.63) is 12.7 Å². The van der Waals surface area contributed by atoms with E-state index < -0.39 is 23.9 Å². The lowest BCUT2D eigenvalue weighted by Crippen LogP contribution is -2.10. The molecule has 0 unspecified atom stereocenters. The molecular weight excluding hydrogens is 288 g/mol. The number of hydrogen-bond donors (Lipinski definition) is 3. The van der Waals surface area contributed by atoms with Gasteiger partial charge in [-0.15, -0.1) is 0 Å². The molecule has 9 heteroatoms. The minimum atomic E-state index is -1.01. The first-order chi connectivity index (χ1) is 9.83. The van der Waals surface area contributed by atoms with Gasteiger partial charge < -0.3 is 24.8 Å². The Morgan fingerprint density at radius 2 is 1.38 bits per heavy atom. The van der Waals surface area contributed by atoms with Gasteiger partial charge in [0.25, 0.3) is 0 Å². The third-order valence-corrected chi connectivity index (χ3v) is 1.62. The fourth-order valence-electron chi connectivity index (χ4n) is 0.713. The molecule has 0 aromatic carbocycles. The number of aliphatic carboxylic acids is 2. The Morgan fingerprint density at radius 3 is 1.76 bits per heavy atom. The quantitative estimate of drug-likeness (QED) is 0.381. The standard InChI is InChI=1S/C6H10O5.C6H8O4/c7-3-1-6(10)11-4-2-5(8)9;1-2-6(9)10-4-3-5(7)8/h7H,1-4H2,(H,8,9);2H,1,3-4H2,(H,7,8). The first-order valence-corrected chi connectivity index (χ1v) is 5.82. The zero-order chi connectivity index (χ0) is 16.7. The molecule has 0 spiro atoms. The maximum Gasteiger partial charge on any atom is 0.330 e. The van der Waals surface area contributed by atoms with Crippen LogP contribution in [0, 0.1) is 0 Å².